The molecule has 110 valence electrons. The maximum atomic E-state index is 11.8. The molecule has 2 aromatic carbocycles. The van der Waals surface area contributed by atoms with Crippen LogP contribution in [-0.4, -0.2) is 19.5 Å². The molecule has 2 rings (SSSR count). The summed E-state index contributed by atoms with van der Waals surface area (Å²) in [5.74, 6) is -1.02. The van der Waals surface area contributed by atoms with Crippen molar-refractivity contribution in [2.75, 3.05) is 0 Å². The maximum absolute atomic E-state index is 11.8. The number of carboxylic acids is 1. The summed E-state index contributed by atoms with van der Waals surface area (Å²) in [6.07, 6.45) is 0. The molecule has 0 bridgehead atoms. The van der Waals surface area contributed by atoms with Crippen molar-refractivity contribution in [3.8, 4) is 11.1 Å². The number of hydrogen-bond donors (Lipinski definition) is 1. The van der Waals surface area contributed by atoms with E-state index in [1.54, 1.807) is 24.3 Å². The van der Waals surface area contributed by atoms with Gasteiger partial charge in [-0.25, -0.2) is 13.2 Å². The van der Waals surface area contributed by atoms with Crippen LogP contribution in [0.4, 0.5) is 0 Å². The van der Waals surface area contributed by atoms with Gasteiger partial charge >= 0.3 is 5.97 Å². The second kappa shape index (κ2) is 6.05. The predicted octanol–water partition coefficient (Wildman–Crippen LogP) is 3.72. The quantitative estimate of drug-likeness (QED) is 0.677. The standard InChI is InChI=1S/C14H10Cl2O4S/c15-8-9-4-6-10(7-5-9)11-2-1-3-12(14(17)18)13(11)21(16,19)20/h1-7H,8H2,(H,17,18). The van der Waals surface area contributed by atoms with Crippen LogP contribution in [0.15, 0.2) is 47.4 Å². The Bertz CT molecular complexity index is 783. The zero-order valence-corrected chi connectivity index (χ0v) is 12.9. The molecule has 21 heavy (non-hydrogen) atoms. The fraction of sp³-hybridized carbons (Fsp3) is 0.0714. The van der Waals surface area contributed by atoms with Crippen molar-refractivity contribution in [3.05, 3.63) is 53.6 Å². The Morgan fingerprint density at radius 1 is 1.10 bits per heavy atom. The van der Waals surface area contributed by atoms with Gasteiger partial charge in [0.05, 0.1) is 5.56 Å². The van der Waals surface area contributed by atoms with Crippen LogP contribution in [0.5, 0.6) is 0 Å². The van der Waals surface area contributed by atoms with Gasteiger partial charge in [0.15, 0.2) is 0 Å². The smallest absolute Gasteiger partial charge is 0.337 e. The SMILES string of the molecule is O=C(O)c1cccc(-c2ccc(CCl)cc2)c1S(=O)(=O)Cl. The summed E-state index contributed by atoms with van der Waals surface area (Å²) in [6, 6.07) is 11.0. The van der Waals surface area contributed by atoms with Gasteiger partial charge in [-0.15, -0.1) is 11.6 Å². The van der Waals surface area contributed by atoms with Gasteiger partial charge in [-0.2, -0.15) is 0 Å². The van der Waals surface area contributed by atoms with Crippen molar-refractivity contribution in [2.45, 2.75) is 10.8 Å². The summed E-state index contributed by atoms with van der Waals surface area (Å²) in [5, 5.41) is 9.14. The lowest BCUT2D eigenvalue weighted by Crippen LogP contribution is -2.06. The molecule has 0 fully saturated rings. The topological polar surface area (TPSA) is 71.4 Å². The van der Waals surface area contributed by atoms with E-state index >= 15 is 0 Å². The van der Waals surface area contributed by atoms with Gasteiger partial charge in [-0.3, -0.25) is 0 Å². The summed E-state index contributed by atoms with van der Waals surface area (Å²) in [6.45, 7) is 0. The normalized spacial score (nSPS) is 11.3. The number of benzene rings is 2. The van der Waals surface area contributed by atoms with Crippen LogP contribution in [0.25, 0.3) is 11.1 Å². The highest BCUT2D eigenvalue weighted by Gasteiger charge is 2.24. The molecular formula is C14H10Cl2O4S. The van der Waals surface area contributed by atoms with Crippen LogP contribution in [-0.2, 0) is 14.9 Å². The maximum Gasteiger partial charge on any atom is 0.337 e. The fourth-order valence-electron chi connectivity index (χ4n) is 1.97. The lowest BCUT2D eigenvalue weighted by molar-refractivity contribution is 0.0693. The van der Waals surface area contributed by atoms with Crippen LogP contribution in [0.1, 0.15) is 15.9 Å². The molecule has 0 spiro atoms. The molecule has 4 nitrogen and oxygen atoms in total. The van der Waals surface area contributed by atoms with Crippen molar-refractivity contribution in [1.82, 2.24) is 0 Å². The molecule has 0 heterocycles. The van der Waals surface area contributed by atoms with Crippen LogP contribution in [0.3, 0.4) is 0 Å². The largest absolute Gasteiger partial charge is 0.478 e. The minimum absolute atomic E-state index is 0.242. The molecule has 0 aliphatic carbocycles. The first kappa shape index (κ1) is 15.8. The van der Waals surface area contributed by atoms with Crippen LogP contribution in [0.2, 0.25) is 0 Å². The second-order valence-corrected chi connectivity index (χ2v) is 7.03. The molecule has 0 aliphatic rings. The molecule has 0 radical (unpaired) electrons. The van der Waals surface area contributed by atoms with E-state index in [0.29, 0.717) is 11.4 Å². The number of aromatic carboxylic acids is 1. The van der Waals surface area contributed by atoms with E-state index in [1.807, 2.05) is 0 Å². The lowest BCUT2D eigenvalue weighted by Gasteiger charge is -2.10. The Balaban J connectivity index is 2.73. The molecule has 1 N–H and O–H groups in total. The zero-order valence-electron chi connectivity index (χ0n) is 10.6. The number of carbonyl (C=O) groups is 1. The number of carboxylic acid groups (broad SMARTS) is 1. The average Bonchev–Trinajstić information content (AvgIpc) is 2.45. The first-order valence-corrected chi connectivity index (χ1v) is 8.65. The number of halogens is 2. The van der Waals surface area contributed by atoms with Crippen LogP contribution >= 0.6 is 22.3 Å². The van der Waals surface area contributed by atoms with E-state index in [2.05, 4.69) is 0 Å². The van der Waals surface area contributed by atoms with Gasteiger partial charge < -0.3 is 5.11 Å². The monoisotopic (exact) mass is 344 g/mol. The van der Waals surface area contributed by atoms with Gasteiger partial charge in [0, 0.05) is 22.1 Å². The number of hydrogen-bond acceptors (Lipinski definition) is 3. The molecular weight excluding hydrogens is 335 g/mol. The van der Waals surface area contributed by atoms with Crippen molar-refractivity contribution in [2.24, 2.45) is 0 Å². The Labute approximate surface area is 131 Å². The van der Waals surface area contributed by atoms with Crippen LogP contribution in [0, 0.1) is 0 Å². The minimum atomic E-state index is -4.21. The first-order valence-electron chi connectivity index (χ1n) is 5.81. The van der Waals surface area contributed by atoms with Crippen molar-refractivity contribution < 1.29 is 18.3 Å². The average molecular weight is 345 g/mol. The number of rotatable bonds is 4. The Morgan fingerprint density at radius 2 is 1.71 bits per heavy atom. The Kier molecular flexibility index (Phi) is 4.56. The van der Waals surface area contributed by atoms with E-state index in [4.69, 9.17) is 27.4 Å². The van der Waals surface area contributed by atoms with Crippen molar-refractivity contribution in [1.29, 1.82) is 0 Å². The van der Waals surface area contributed by atoms with Gasteiger partial charge in [0.25, 0.3) is 9.05 Å². The predicted molar refractivity (Wildman–Crippen MR) is 81.4 cm³/mol. The highest BCUT2D eigenvalue weighted by atomic mass is 35.7. The van der Waals surface area contributed by atoms with Crippen molar-refractivity contribution in [3.63, 3.8) is 0 Å². The zero-order chi connectivity index (χ0) is 15.6. The third kappa shape index (κ3) is 3.37. The highest BCUT2D eigenvalue weighted by molar-refractivity contribution is 8.14. The van der Waals surface area contributed by atoms with E-state index in [9.17, 15) is 13.2 Å². The summed E-state index contributed by atoms with van der Waals surface area (Å²) in [7, 11) is 1.20. The number of alkyl halides is 1. The lowest BCUT2D eigenvalue weighted by atomic mass is 10.0. The molecule has 0 aromatic heterocycles. The van der Waals surface area contributed by atoms with E-state index in [1.165, 1.54) is 18.2 Å². The molecule has 0 saturated carbocycles. The summed E-state index contributed by atoms with van der Waals surface area (Å²) < 4.78 is 23.5. The molecule has 0 saturated heterocycles. The van der Waals surface area contributed by atoms with E-state index < -0.39 is 19.9 Å². The van der Waals surface area contributed by atoms with E-state index in [-0.39, 0.29) is 11.1 Å². The molecule has 0 aliphatic heterocycles. The second-order valence-electron chi connectivity index (χ2n) is 4.26. The molecule has 7 heteroatoms. The Morgan fingerprint density at radius 3 is 2.19 bits per heavy atom. The summed E-state index contributed by atoms with van der Waals surface area (Å²) in [5.41, 5.74) is 1.30. The van der Waals surface area contributed by atoms with Gasteiger partial charge in [0.1, 0.15) is 4.90 Å². The molecule has 0 unspecified atom stereocenters. The van der Waals surface area contributed by atoms with Crippen LogP contribution < -0.4 is 0 Å². The van der Waals surface area contributed by atoms with E-state index in [0.717, 1.165) is 5.56 Å². The molecule has 2 aromatic rings. The van der Waals surface area contributed by atoms with Gasteiger partial charge in [0.2, 0.25) is 0 Å². The first-order chi connectivity index (χ1) is 9.84. The third-order valence-electron chi connectivity index (χ3n) is 2.91. The Hall–Kier alpha value is -1.56. The van der Waals surface area contributed by atoms with Gasteiger partial charge in [-0.1, -0.05) is 36.4 Å². The molecule has 0 amide bonds. The van der Waals surface area contributed by atoms with Crippen molar-refractivity contribution >= 4 is 37.3 Å². The summed E-state index contributed by atoms with van der Waals surface area (Å²) in [4.78, 5) is 10.8. The highest BCUT2D eigenvalue weighted by Crippen LogP contribution is 2.32. The van der Waals surface area contributed by atoms with Gasteiger partial charge in [-0.05, 0) is 17.2 Å². The minimum Gasteiger partial charge on any atom is -0.478 e. The molecule has 0 atom stereocenters. The third-order valence-corrected chi connectivity index (χ3v) is 4.61. The summed E-state index contributed by atoms with van der Waals surface area (Å²) >= 11 is 5.70. The fourth-order valence-corrected chi connectivity index (χ4v) is 3.51.